The zero-order chi connectivity index (χ0) is 10.0. The second-order valence-corrected chi connectivity index (χ2v) is 3.68. The van der Waals surface area contributed by atoms with Gasteiger partial charge in [-0.25, -0.2) is 0 Å². The van der Waals surface area contributed by atoms with E-state index in [4.69, 9.17) is 10.8 Å². The number of nitrogens with two attached hydrogens (primary N) is 1. The van der Waals surface area contributed by atoms with Crippen molar-refractivity contribution in [1.29, 1.82) is 0 Å². The first-order chi connectivity index (χ1) is 6.02. The molecule has 0 saturated heterocycles. The van der Waals surface area contributed by atoms with Crippen LogP contribution in [-0.4, -0.2) is 11.1 Å². The van der Waals surface area contributed by atoms with Gasteiger partial charge in [0, 0.05) is 4.47 Å². The molecule has 14 heavy (non-hydrogen) atoms. The molecule has 0 aromatic heterocycles. The molecule has 5 heteroatoms. The second kappa shape index (κ2) is 5.34. The van der Waals surface area contributed by atoms with Gasteiger partial charge in [-0.1, -0.05) is 28.1 Å². The Hall–Kier alpha value is -0.580. The van der Waals surface area contributed by atoms with Gasteiger partial charge in [-0.2, -0.15) is 0 Å². The number of carboxylic acid groups (broad SMARTS) is 1. The van der Waals surface area contributed by atoms with Crippen molar-refractivity contribution in [1.82, 2.24) is 0 Å². The Labute approximate surface area is 96.8 Å². The minimum absolute atomic E-state index is 0. The van der Waals surface area contributed by atoms with Crippen LogP contribution in [0.5, 0.6) is 0 Å². The molecule has 0 spiro atoms. The summed E-state index contributed by atoms with van der Waals surface area (Å²) in [5.74, 6) is -1.01. The largest absolute Gasteiger partial charge is 0.480 e. The Kier molecular flexibility index (Phi) is 5.12. The Morgan fingerprint density at radius 1 is 1.57 bits per heavy atom. The molecule has 0 bridgehead atoms. The van der Waals surface area contributed by atoms with Crippen LogP contribution in [0.1, 0.15) is 17.2 Å². The molecule has 0 saturated carbocycles. The minimum atomic E-state index is -1.01. The summed E-state index contributed by atoms with van der Waals surface area (Å²) in [7, 11) is 0. The third kappa shape index (κ3) is 2.97. The fourth-order valence-electron chi connectivity index (χ4n) is 1.00. The van der Waals surface area contributed by atoms with Crippen LogP contribution in [0.3, 0.4) is 0 Å². The Morgan fingerprint density at radius 3 is 2.57 bits per heavy atom. The predicted molar refractivity (Wildman–Crippen MR) is 60.7 cm³/mol. The van der Waals surface area contributed by atoms with E-state index in [1.54, 1.807) is 18.2 Å². The average molecular weight is 281 g/mol. The number of aryl methyl sites for hydroxylation is 1. The summed E-state index contributed by atoms with van der Waals surface area (Å²) in [5, 5.41) is 8.66. The van der Waals surface area contributed by atoms with E-state index in [2.05, 4.69) is 15.9 Å². The number of halogens is 2. The smallest absolute Gasteiger partial charge is 0.325 e. The summed E-state index contributed by atoms with van der Waals surface area (Å²) in [5.41, 5.74) is 7.04. The van der Waals surface area contributed by atoms with E-state index in [1.165, 1.54) is 0 Å². The number of carboxylic acids is 1. The van der Waals surface area contributed by atoms with Gasteiger partial charge >= 0.3 is 5.97 Å². The molecule has 0 aliphatic rings. The molecule has 3 N–H and O–H groups in total. The van der Waals surface area contributed by atoms with Gasteiger partial charge in [-0.05, 0) is 24.1 Å². The predicted octanol–water partition coefficient (Wildman–Crippen LogP) is 2.26. The van der Waals surface area contributed by atoms with Crippen molar-refractivity contribution in [2.45, 2.75) is 13.0 Å². The Bertz CT molecular complexity index is 344. The lowest BCUT2D eigenvalue weighted by atomic mass is 10.1. The highest BCUT2D eigenvalue weighted by Crippen LogP contribution is 2.20. The highest BCUT2D eigenvalue weighted by molar-refractivity contribution is 9.10. The lowest BCUT2D eigenvalue weighted by Gasteiger charge is -2.08. The monoisotopic (exact) mass is 279 g/mol. The molecule has 0 unspecified atom stereocenters. The first-order valence-electron chi connectivity index (χ1n) is 3.77. The molecular formula is C9H11BrClNO2. The quantitative estimate of drug-likeness (QED) is 0.873. The summed E-state index contributed by atoms with van der Waals surface area (Å²) in [6.07, 6.45) is 0. The molecule has 0 heterocycles. The van der Waals surface area contributed by atoms with Gasteiger partial charge in [0.25, 0.3) is 0 Å². The molecule has 1 atom stereocenters. The summed E-state index contributed by atoms with van der Waals surface area (Å²) >= 11 is 3.33. The van der Waals surface area contributed by atoms with Crippen LogP contribution in [-0.2, 0) is 4.79 Å². The molecule has 1 aromatic rings. The normalized spacial score (nSPS) is 11.6. The molecule has 1 aromatic carbocycles. The molecule has 1 rings (SSSR count). The van der Waals surface area contributed by atoms with Crippen LogP contribution in [0.15, 0.2) is 22.7 Å². The molecule has 0 aliphatic heterocycles. The summed E-state index contributed by atoms with van der Waals surface area (Å²) in [6.45, 7) is 1.89. The van der Waals surface area contributed by atoms with Crippen molar-refractivity contribution in [3.05, 3.63) is 33.8 Å². The van der Waals surface area contributed by atoms with Gasteiger partial charge in [0.1, 0.15) is 6.04 Å². The molecule has 3 nitrogen and oxygen atoms in total. The highest BCUT2D eigenvalue weighted by atomic mass is 79.9. The highest BCUT2D eigenvalue weighted by Gasteiger charge is 2.14. The first-order valence-corrected chi connectivity index (χ1v) is 4.56. The summed E-state index contributed by atoms with van der Waals surface area (Å²) in [4.78, 5) is 10.6. The van der Waals surface area contributed by atoms with Crippen molar-refractivity contribution in [3.63, 3.8) is 0 Å². The maximum atomic E-state index is 10.6. The number of rotatable bonds is 2. The molecule has 0 fully saturated rings. The van der Waals surface area contributed by atoms with Crippen LogP contribution in [0.25, 0.3) is 0 Å². The van der Waals surface area contributed by atoms with Gasteiger partial charge in [-0.15, -0.1) is 12.4 Å². The van der Waals surface area contributed by atoms with Gasteiger partial charge in [0.15, 0.2) is 0 Å². The Morgan fingerprint density at radius 2 is 2.14 bits per heavy atom. The third-order valence-electron chi connectivity index (χ3n) is 1.81. The lowest BCUT2D eigenvalue weighted by molar-refractivity contribution is -0.138. The summed E-state index contributed by atoms with van der Waals surface area (Å²) in [6, 6.07) is 4.33. The van der Waals surface area contributed by atoms with E-state index in [0.717, 1.165) is 10.0 Å². The fraction of sp³-hybridized carbons (Fsp3) is 0.222. The number of aliphatic carboxylic acids is 1. The van der Waals surface area contributed by atoms with Crippen molar-refractivity contribution >= 4 is 34.3 Å². The van der Waals surface area contributed by atoms with Crippen LogP contribution in [0, 0.1) is 6.92 Å². The van der Waals surface area contributed by atoms with E-state index in [-0.39, 0.29) is 12.4 Å². The van der Waals surface area contributed by atoms with Gasteiger partial charge in [0.05, 0.1) is 0 Å². The third-order valence-corrected chi connectivity index (χ3v) is 2.70. The Balaban J connectivity index is 0.00000169. The standard InChI is InChI=1S/C9H10BrNO2.ClH/c1-5-4-6(2-3-7(5)10)8(11)9(12)13;/h2-4,8H,11H2,1H3,(H,12,13);1H/t8-;/m0./s1. The number of carbonyl (C=O) groups is 1. The van der Waals surface area contributed by atoms with Crippen molar-refractivity contribution in [2.24, 2.45) is 5.73 Å². The van der Waals surface area contributed by atoms with Crippen LogP contribution in [0.2, 0.25) is 0 Å². The molecule has 0 radical (unpaired) electrons. The van der Waals surface area contributed by atoms with Crippen LogP contribution >= 0.6 is 28.3 Å². The van der Waals surface area contributed by atoms with E-state index < -0.39 is 12.0 Å². The van der Waals surface area contributed by atoms with Crippen molar-refractivity contribution in [2.75, 3.05) is 0 Å². The number of hydrogen-bond acceptors (Lipinski definition) is 2. The van der Waals surface area contributed by atoms with Gasteiger partial charge in [-0.3, -0.25) is 4.79 Å². The number of benzene rings is 1. The van der Waals surface area contributed by atoms with Gasteiger partial charge < -0.3 is 10.8 Å². The van der Waals surface area contributed by atoms with Gasteiger partial charge in [0.2, 0.25) is 0 Å². The lowest BCUT2D eigenvalue weighted by Crippen LogP contribution is -2.20. The van der Waals surface area contributed by atoms with Crippen LogP contribution < -0.4 is 5.73 Å². The maximum absolute atomic E-state index is 10.6. The van der Waals surface area contributed by atoms with Crippen LogP contribution in [0.4, 0.5) is 0 Å². The minimum Gasteiger partial charge on any atom is -0.480 e. The fourth-order valence-corrected chi connectivity index (χ4v) is 1.25. The SMILES string of the molecule is Cc1cc([C@H](N)C(=O)O)ccc1Br.Cl. The molecular weight excluding hydrogens is 269 g/mol. The first kappa shape index (κ1) is 13.4. The average Bonchev–Trinajstić information content (AvgIpc) is 2.08. The number of hydrogen-bond donors (Lipinski definition) is 2. The maximum Gasteiger partial charge on any atom is 0.325 e. The van der Waals surface area contributed by atoms with E-state index >= 15 is 0 Å². The zero-order valence-corrected chi connectivity index (χ0v) is 9.93. The zero-order valence-electron chi connectivity index (χ0n) is 7.53. The second-order valence-electron chi connectivity index (χ2n) is 2.82. The van der Waals surface area contributed by atoms with Crippen molar-refractivity contribution in [3.8, 4) is 0 Å². The topological polar surface area (TPSA) is 63.3 Å². The van der Waals surface area contributed by atoms with Crippen molar-refractivity contribution < 1.29 is 9.90 Å². The molecule has 78 valence electrons. The van der Waals surface area contributed by atoms with E-state index in [0.29, 0.717) is 5.56 Å². The molecule has 0 aliphatic carbocycles. The van der Waals surface area contributed by atoms with E-state index in [9.17, 15) is 4.79 Å². The van der Waals surface area contributed by atoms with E-state index in [1.807, 2.05) is 6.92 Å². The molecule has 0 amide bonds. The summed E-state index contributed by atoms with van der Waals surface area (Å²) < 4.78 is 0.953.